The molecule has 1 atom stereocenters. The Kier molecular flexibility index (Phi) is 3.73. The molecule has 0 saturated carbocycles. The lowest BCUT2D eigenvalue weighted by molar-refractivity contribution is -0.136. The third-order valence-electron chi connectivity index (χ3n) is 3.21. The van der Waals surface area contributed by atoms with E-state index in [2.05, 4.69) is 10.4 Å². The Morgan fingerprint density at radius 1 is 1.50 bits per heavy atom. The minimum atomic E-state index is -1.02. The molecule has 0 spiro atoms. The quantitative estimate of drug-likeness (QED) is 0.776. The van der Waals surface area contributed by atoms with Crippen molar-refractivity contribution in [1.82, 2.24) is 20.0 Å². The van der Waals surface area contributed by atoms with Crippen molar-refractivity contribution in [2.75, 3.05) is 13.1 Å². The molecule has 1 aliphatic rings. The lowest BCUT2D eigenvalue weighted by Crippen LogP contribution is -2.41. The summed E-state index contributed by atoms with van der Waals surface area (Å²) in [6, 6.07) is -0.463. The standard InChI is InChI=1S/C12H16N4O4/c1-7-9(6-14-15(7)3)11(18)20-8(2)10(17)16-5-4-13-12(16)19/h6,8H,4-5H2,1-3H3,(H,13,19). The Bertz CT molecular complexity index is 566. The fourth-order valence-corrected chi connectivity index (χ4v) is 1.87. The number of nitrogens with one attached hydrogen (secondary N) is 1. The molecular formula is C12H16N4O4. The number of aromatic nitrogens is 2. The first-order valence-electron chi connectivity index (χ1n) is 6.20. The Morgan fingerprint density at radius 3 is 2.70 bits per heavy atom. The summed E-state index contributed by atoms with van der Waals surface area (Å²) in [4.78, 5) is 36.3. The second kappa shape index (κ2) is 5.32. The number of amides is 3. The van der Waals surface area contributed by atoms with Crippen LogP contribution >= 0.6 is 0 Å². The Hall–Kier alpha value is -2.38. The van der Waals surface area contributed by atoms with E-state index in [1.54, 1.807) is 14.0 Å². The number of aryl methyl sites for hydroxylation is 1. The van der Waals surface area contributed by atoms with Crippen LogP contribution in [0.4, 0.5) is 4.79 Å². The largest absolute Gasteiger partial charge is 0.449 e. The summed E-state index contributed by atoms with van der Waals surface area (Å²) in [7, 11) is 1.70. The molecule has 1 unspecified atom stereocenters. The second-order valence-corrected chi connectivity index (χ2v) is 4.54. The van der Waals surface area contributed by atoms with Gasteiger partial charge in [0, 0.05) is 25.8 Å². The van der Waals surface area contributed by atoms with Gasteiger partial charge in [0.25, 0.3) is 5.91 Å². The van der Waals surface area contributed by atoms with Crippen molar-refractivity contribution >= 4 is 17.9 Å². The maximum Gasteiger partial charge on any atom is 0.342 e. The molecular weight excluding hydrogens is 264 g/mol. The summed E-state index contributed by atoms with van der Waals surface area (Å²) >= 11 is 0. The van der Waals surface area contributed by atoms with Crippen molar-refractivity contribution in [3.05, 3.63) is 17.5 Å². The van der Waals surface area contributed by atoms with E-state index < -0.39 is 24.0 Å². The summed E-state index contributed by atoms with van der Waals surface area (Å²) in [6.07, 6.45) is 0.364. The highest BCUT2D eigenvalue weighted by molar-refractivity contribution is 5.99. The zero-order valence-corrected chi connectivity index (χ0v) is 11.5. The molecule has 1 aliphatic heterocycles. The van der Waals surface area contributed by atoms with Crippen LogP contribution < -0.4 is 5.32 Å². The zero-order valence-electron chi connectivity index (χ0n) is 11.5. The monoisotopic (exact) mass is 280 g/mol. The van der Waals surface area contributed by atoms with E-state index in [9.17, 15) is 14.4 Å². The predicted molar refractivity (Wildman–Crippen MR) is 67.9 cm³/mol. The van der Waals surface area contributed by atoms with Crippen LogP contribution in [0.1, 0.15) is 23.0 Å². The molecule has 20 heavy (non-hydrogen) atoms. The van der Waals surface area contributed by atoms with E-state index >= 15 is 0 Å². The third kappa shape index (κ3) is 2.49. The van der Waals surface area contributed by atoms with E-state index in [1.807, 2.05) is 0 Å². The van der Waals surface area contributed by atoms with Gasteiger partial charge in [-0.1, -0.05) is 0 Å². The van der Waals surface area contributed by atoms with E-state index in [4.69, 9.17) is 4.74 Å². The highest BCUT2D eigenvalue weighted by atomic mass is 16.5. The number of nitrogens with zero attached hydrogens (tertiary/aromatic N) is 3. The number of carbonyl (C=O) groups excluding carboxylic acids is 3. The summed E-state index contributed by atoms with van der Waals surface area (Å²) in [5.74, 6) is -1.16. The van der Waals surface area contributed by atoms with Crippen molar-refractivity contribution < 1.29 is 19.1 Å². The second-order valence-electron chi connectivity index (χ2n) is 4.54. The van der Waals surface area contributed by atoms with Gasteiger partial charge in [-0.2, -0.15) is 5.10 Å². The number of imide groups is 1. The topological polar surface area (TPSA) is 93.5 Å². The minimum Gasteiger partial charge on any atom is -0.449 e. The normalized spacial score (nSPS) is 15.9. The lowest BCUT2D eigenvalue weighted by atomic mass is 10.2. The number of urea groups is 1. The number of hydrogen-bond donors (Lipinski definition) is 1. The van der Waals surface area contributed by atoms with Crippen LogP contribution in [-0.2, 0) is 16.6 Å². The number of rotatable bonds is 3. The van der Waals surface area contributed by atoms with Gasteiger partial charge in [-0.15, -0.1) is 0 Å². The maximum atomic E-state index is 12.0. The zero-order chi connectivity index (χ0) is 14.9. The van der Waals surface area contributed by atoms with Gasteiger partial charge >= 0.3 is 12.0 Å². The molecule has 1 saturated heterocycles. The molecule has 1 fully saturated rings. The van der Waals surface area contributed by atoms with Gasteiger partial charge < -0.3 is 10.1 Å². The molecule has 108 valence electrons. The number of ether oxygens (including phenoxy) is 1. The SMILES string of the molecule is Cc1c(C(=O)OC(C)C(=O)N2CCNC2=O)cnn1C. The molecule has 1 aromatic rings. The first kappa shape index (κ1) is 14.0. The van der Waals surface area contributed by atoms with Gasteiger partial charge in [0.15, 0.2) is 6.10 Å². The van der Waals surface area contributed by atoms with Gasteiger partial charge in [-0.3, -0.25) is 14.4 Å². The van der Waals surface area contributed by atoms with Crippen LogP contribution in [0.15, 0.2) is 6.20 Å². The molecule has 0 aliphatic carbocycles. The highest BCUT2D eigenvalue weighted by Gasteiger charge is 2.32. The summed E-state index contributed by atoms with van der Waals surface area (Å²) in [5, 5.41) is 6.45. The van der Waals surface area contributed by atoms with Gasteiger partial charge in [0.05, 0.1) is 6.20 Å². The van der Waals surface area contributed by atoms with E-state index in [-0.39, 0.29) is 6.54 Å². The van der Waals surface area contributed by atoms with Crippen LogP contribution in [0.5, 0.6) is 0 Å². The van der Waals surface area contributed by atoms with Gasteiger partial charge in [0.2, 0.25) is 0 Å². The van der Waals surface area contributed by atoms with Crippen LogP contribution in [0.2, 0.25) is 0 Å². The average molecular weight is 280 g/mol. The Labute approximate surface area is 115 Å². The lowest BCUT2D eigenvalue weighted by Gasteiger charge is -2.17. The molecule has 3 amide bonds. The van der Waals surface area contributed by atoms with Gasteiger partial charge in [0.1, 0.15) is 5.56 Å². The molecule has 1 N–H and O–H groups in total. The molecule has 0 bridgehead atoms. The third-order valence-corrected chi connectivity index (χ3v) is 3.21. The first-order chi connectivity index (χ1) is 9.41. The van der Waals surface area contributed by atoms with Crippen molar-refractivity contribution in [2.45, 2.75) is 20.0 Å². The molecule has 1 aromatic heterocycles. The van der Waals surface area contributed by atoms with E-state index in [0.717, 1.165) is 4.90 Å². The van der Waals surface area contributed by atoms with Crippen molar-refractivity contribution in [3.8, 4) is 0 Å². The fraction of sp³-hybridized carbons (Fsp3) is 0.500. The minimum absolute atomic E-state index is 0.283. The smallest absolute Gasteiger partial charge is 0.342 e. The molecule has 2 heterocycles. The van der Waals surface area contributed by atoms with Crippen LogP contribution in [0.3, 0.4) is 0 Å². The molecule has 8 heteroatoms. The molecule has 2 rings (SSSR count). The number of hydrogen-bond acceptors (Lipinski definition) is 5. The van der Waals surface area contributed by atoms with Crippen molar-refractivity contribution in [1.29, 1.82) is 0 Å². The number of esters is 1. The Morgan fingerprint density at radius 2 is 2.20 bits per heavy atom. The Balaban J connectivity index is 2.02. The van der Waals surface area contributed by atoms with Crippen LogP contribution in [0.25, 0.3) is 0 Å². The maximum absolute atomic E-state index is 12.0. The number of carbonyl (C=O) groups is 3. The van der Waals surface area contributed by atoms with Crippen LogP contribution in [-0.4, -0.2) is 51.8 Å². The summed E-state index contributed by atoms with van der Waals surface area (Å²) < 4.78 is 6.63. The van der Waals surface area contributed by atoms with Gasteiger partial charge in [-0.25, -0.2) is 9.59 Å². The van der Waals surface area contributed by atoms with Crippen molar-refractivity contribution in [3.63, 3.8) is 0 Å². The molecule has 0 radical (unpaired) electrons. The summed E-state index contributed by atoms with van der Waals surface area (Å²) in [6.45, 7) is 3.86. The summed E-state index contributed by atoms with van der Waals surface area (Å²) in [5.41, 5.74) is 0.951. The fourth-order valence-electron chi connectivity index (χ4n) is 1.87. The average Bonchev–Trinajstić information content (AvgIpc) is 2.96. The van der Waals surface area contributed by atoms with Crippen molar-refractivity contribution in [2.24, 2.45) is 7.05 Å². The molecule has 8 nitrogen and oxygen atoms in total. The highest BCUT2D eigenvalue weighted by Crippen LogP contribution is 2.11. The van der Waals surface area contributed by atoms with E-state index in [0.29, 0.717) is 17.8 Å². The first-order valence-corrected chi connectivity index (χ1v) is 6.20. The molecule has 0 aromatic carbocycles. The van der Waals surface area contributed by atoms with Gasteiger partial charge in [-0.05, 0) is 13.8 Å². The van der Waals surface area contributed by atoms with E-state index in [1.165, 1.54) is 17.8 Å². The van der Waals surface area contributed by atoms with Crippen LogP contribution in [0, 0.1) is 6.92 Å². The predicted octanol–water partition coefficient (Wildman–Crippen LogP) is -0.174.